The number of hydrogen-bond donors (Lipinski definition) is 1. The van der Waals surface area contributed by atoms with Gasteiger partial charge >= 0.3 is 0 Å². The highest BCUT2D eigenvalue weighted by molar-refractivity contribution is 5.65. The third-order valence-corrected chi connectivity index (χ3v) is 3.37. The van der Waals surface area contributed by atoms with Crippen molar-refractivity contribution in [2.75, 3.05) is 25.6 Å². The van der Waals surface area contributed by atoms with Gasteiger partial charge in [0.2, 0.25) is 0 Å². The van der Waals surface area contributed by atoms with E-state index in [0.717, 1.165) is 11.4 Å². The average Bonchev–Trinajstić information content (AvgIpc) is 2.27. The number of hydrogen-bond acceptors (Lipinski definition) is 3. The van der Waals surface area contributed by atoms with Crippen LogP contribution in [0.4, 0.5) is 5.69 Å². The van der Waals surface area contributed by atoms with E-state index in [4.69, 9.17) is 10.5 Å². The number of ether oxygens (including phenoxy) is 1. The molecule has 17 heavy (non-hydrogen) atoms. The van der Waals surface area contributed by atoms with Crippen molar-refractivity contribution in [1.29, 1.82) is 0 Å². The monoisotopic (exact) mass is 236 g/mol. The van der Waals surface area contributed by atoms with E-state index < -0.39 is 0 Å². The van der Waals surface area contributed by atoms with Crippen LogP contribution in [0.15, 0.2) is 12.1 Å². The van der Waals surface area contributed by atoms with Crippen LogP contribution in [0.5, 0.6) is 5.75 Å². The molecule has 0 aliphatic heterocycles. The smallest absolute Gasteiger partial charge is 0.142 e. The van der Waals surface area contributed by atoms with Crippen LogP contribution >= 0.6 is 0 Å². The number of aryl methyl sites for hydroxylation is 2. The van der Waals surface area contributed by atoms with Gasteiger partial charge in [-0.2, -0.15) is 0 Å². The Morgan fingerprint density at radius 1 is 1.29 bits per heavy atom. The zero-order valence-corrected chi connectivity index (χ0v) is 11.8. The second-order valence-electron chi connectivity index (χ2n) is 5.21. The number of nitrogens with zero attached hydrogens (tertiary/aromatic N) is 1. The number of benzene rings is 1. The summed E-state index contributed by atoms with van der Waals surface area (Å²) in [7, 11) is 3.77. The minimum atomic E-state index is -0.0900. The van der Waals surface area contributed by atoms with E-state index >= 15 is 0 Å². The van der Waals surface area contributed by atoms with E-state index in [1.165, 1.54) is 11.1 Å². The maximum atomic E-state index is 5.83. The lowest BCUT2D eigenvalue weighted by Crippen LogP contribution is -2.47. The van der Waals surface area contributed by atoms with E-state index in [2.05, 4.69) is 51.8 Å². The van der Waals surface area contributed by atoms with Crippen molar-refractivity contribution in [1.82, 2.24) is 0 Å². The molecule has 0 atom stereocenters. The molecular weight excluding hydrogens is 212 g/mol. The molecule has 0 spiro atoms. The van der Waals surface area contributed by atoms with Gasteiger partial charge in [0, 0.05) is 19.1 Å². The lowest BCUT2D eigenvalue weighted by Gasteiger charge is -2.38. The molecule has 3 heteroatoms. The molecule has 96 valence electrons. The number of rotatable bonds is 4. The van der Waals surface area contributed by atoms with Crippen LogP contribution in [0.3, 0.4) is 0 Å². The molecule has 3 nitrogen and oxygen atoms in total. The lowest BCUT2D eigenvalue weighted by molar-refractivity contribution is 0.407. The molecule has 0 aliphatic carbocycles. The summed E-state index contributed by atoms with van der Waals surface area (Å²) in [5, 5.41) is 0. The largest absolute Gasteiger partial charge is 0.495 e. The molecule has 0 fully saturated rings. The van der Waals surface area contributed by atoms with Gasteiger partial charge in [-0.25, -0.2) is 0 Å². The Morgan fingerprint density at radius 3 is 2.35 bits per heavy atom. The molecule has 0 unspecified atom stereocenters. The van der Waals surface area contributed by atoms with E-state index in [9.17, 15) is 0 Å². The Morgan fingerprint density at radius 2 is 1.88 bits per heavy atom. The summed E-state index contributed by atoms with van der Waals surface area (Å²) in [5.41, 5.74) is 9.29. The second kappa shape index (κ2) is 4.96. The van der Waals surface area contributed by atoms with Crippen molar-refractivity contribution < 1.29 is 4.74 Å². The SMILES string of the molecule is COc1cc(C)cc(C)c1N(C)C(C)(C)CN. The van der Waals surface area contributed by atoms with Gasteiger partial charge < -0.3 is 15.4 Å². The highest BCUT2D eigenvalue weighted by Gasteiger charge is 2.25. The molecule has 0 heterocycles. The van der Waals surface area contributed by atoms with Crippen LogP contribution < -0.4 is 15.4 Å². The zero-order chi connectivity index (χ0) is 13.2. The molecule has 0 saturated heterocycles. The van der Waals surface area contributed by atoms with Gasteiger partial charge in [0.25, 0.3) is 0 Å². The molecule has 0 aliphatic rings. The average molecular weight is 236 g/mol. The Balaban J connectivity index is 3.30. The van der Waals surface area contributed by atoms with Gasteiger partial charge in [-0.05, 0) is 44.9 Å². The van der Waals surface area contributed by atoms with Crippen LogP contribution in [-0.4, -0.2) is 26.2 Å². The summed E-state index contributed by atoms with van der Waals surface area (Å²) in [6.45, 7) is 9.04. The van der Waals surface area contributed by atoms with Crippen LogP contribution in [0.25, 0.3) is 0 Å². The zero-order valence-electron chi connectivity index (χ0n) is 11.8. The molecule has 2 N–H and O–H groups in total. The van der Waals surface area contributed by atoms with Gasteiger partial charge in [-0.1, -0.05) is 6.07 Å². The molecule has 0 bridgehead atoms. The standard InChI is InChI=1S/C14H24N2O/c1-10-7-11(2)13(12(8-10)17-6)16(5)14(3,4)9-15/h7-8H,9,15H2,1-6H3. The minimum Gasteiger partial charge on any atom is -0.495 e. The van der Waals surface area contributed by atoms with Gasteiger partial charge in [0.1, 0.15) is 5.75 Å². The van der Waals surface area contributed by atoms with Crippen LogP contribution in [-0.2, 0) is 0 Å². The van der Waals surface area contributed by atoms with Crippen LogP contribution in [0.1, 0.15) is 25.0 Å². The number of likely N-dealkylation sites (N-methyl/N-ethyl adjacent to an activating group) is 1. The number of anilines is 1. The number of nitrogens with two attached hydrogens (primary N) is 1. The summed E-state index contributed by atoms with van der Waals surface area (Å²) >= 11 is 0. The quantitative estimate of drug-likeness (QED) is 0.873. The molecular formula is C14H24N2O. The number of methoxy groups -OCH3 is 1. The predicted octanol–water partition coefficient (Wildman–Crippen LogP) is 2.49. The first-order chi connectivity index (χ1) is 7.83. The Labute approximate surface area is 105 Å². The topological polar surface area (TPSA) is 38.5 Å². The Bertz CT molecular complexity index is 399. The first-order valence-corrected chi connectivity index (χ1v) is 5.92. The van der Waals surface area contributed by atoms with Crippen molar-refractivity contribution in [2.45, 2.75) is 33.2 Å². The van der Waals surface area contributed by atoms with Gasteiger partial charge in [0.15, 0.2) is 0 Å². The third-order valence-electron chi connectivity index (χ3n) is 3.37. The maximum absolute atomic E-state index is 5.83. The van der Waals surface area contributed by atoms with E-state index in [-0.39, 0.29) is 5.54 Å². The van der Waals surface area contributed by atoms with Crippen molar-refractivity contribution in [2.24, 2.45) is 5.73 Å². The summed E-state index contributed by atoms with van der Waals surface area (Å²) in [6.07, 6.45) is 0. The van der Waals surface area contributed by atoms with E-state index in [1.54, 1.807) is 7.11 Å². The van der Waals surface area contributed by atoms with E-state index in [1.807, 2.05) is 0 Å². The van der Waals surface area contributed by atoms with Gasteiger partial charge in [0.05, 0.1) is 12.8 Å². The van der Waals surface area contributed by atoms with Crippen LogP contribution in [0.2, 0.25) is 0 Å². The van der Waals surface area contributed by atoms with E-state index in [0.29, 0.717) is 6.54 Å². The summed E-state index contributed by atoms with van der Waals surface area (Å²) < 4.78 is 5.49. The molecule has 1 rings (SSSR count). The Kier molecular flexibility index (Phi) is 4.04. The predicted molar refractivity (Wildman–Crippen MR) is 74.0 cm³/mol. The van der Waals surface area contributed by atoms with Crippen LogP contribution in [0, 0.1) is 13.8 Å². The van der Waals surface area contributed by atoms with Crippen molar-refractivity contribution >= 4 is 5.69 Å². The summed E-state index contributed by atoms with van der Waals surface area (Å²) in [5.74, 6) is 0.909. The molecule has 1 aromatic rings. The fourth-order valence-electron chi connectivity index (χ4n) is 1.95. The molecule has 0 radical (unpaired) electrons. The van der Waals surface area contributed by atoms with Crippen molar-refractivity contribution in [3.63, 3.8) is 0 Å². The fraction of sp³-hybridized carbons (Fsp3) is 0.571. The third kappa shape index (κ3) is 2.72. The summed E-state index contributed by atoms with van der Waals surface area (Å²) in [4.78, 5) is 2.20. The maximum Gasteiger partial charge on any atom is 0.142 e. The highest BCUT2D eigenvalue weighted by atomic mass is 16.5. The second-order valence-corrected chi connectivity index (χ2v) is 5.21. The Hall–Kier alpha value is -1.22. The minimum absolute atomic E-state index is 0.0900. The molecule has 1 aromatic carbocycles. The molecule has 0 amide bonds. The molecule has 0 aromatic heterocycles. The highest BCUT2D eigenvalue weighted by Crippen LogP contribution is 2.35. The van der Waals surface area contributed by atoms with Gasteiger partial charge in [-0.3, -0.25) is 0 Å². The first kappa shape index (κ1) is 13.8. The lowest BCUT2D eigenvalue weighted by atomic mass is 10.00. The van der Waals surface area contributed by atoms with Gasteiger partial charge in [-0.15, -0.1) is 0 Å². The fourth-order valence-corrected chi connectivity index (χ4v) is 1.95. The molecule has 0 saturated carbocycles. The van der Waals surface area contributed by atoms with Crippen molar-refractivity contribution in [3.05, 3.63) is 23.3 Å². The normalized spacial score (nSPS) is 11.5. The van der Waals surface area contributed by atoms with Crippen molar-refractivity contribution in [3.8, 4) is 5.75 Å². The first-order valence-electron chi connectivity index (χ1n) is 5.92. The summed E-state index contributed by atoms with van der Waals surface area (Å²) in [6, 6.07) is 4.23.